The zero-order valence-corrected chi connectivity index (χ0v) is 13.8. The molecule has 2 heterocycles. The number of H-pyrrole nitrogens is 1. The fourth-order valence-electron chi connectivity index (χ4n) is 2.44. The molecule has 3 aromatic rings. The summed E-state index contributed by atoms with van der Waals surface area (Å²) in [4.78, 5) is 28.6. The molecule has 0 bridgehead atoms. The number of benzene rings is 1. The maximum Gasteiger partial charge on any atom is 0.390 e. The predicted molar refractivity (Wildman–Crippen MR) is 91.3 cm³/mol. The van der Waals surface area contributed by atoms with Crippen molar-refractivity contribution in [1.29, 1.82) is 0 Å². The molecule has 0 saturated carbocycles. The second-order valence-electron chi connectivity index (χ2n) is 5.61. The number of nitrogens with one attached hydrogen (secondary N) is 3. The van der Waals surface area contributed by atoms with Gasteiger partial charge in [-0.05, 0) is 11.5 Å². The van der Waals surface area contributed by atoms with Crippen LogP contribution in [0.4, 0.5) is 18.9 Å². The van der Waals surface area contributed by atoms with Gasteiger partial charge in [0.25, 0.3) is 11.8 Å². The van der Waals surface area contributed by atoms with E-state index in [1.165, 1.54) is 12.4 Å². The van der Waals surface area contributed by atoms with E-state index in [9.17, 15) is 22.8 Å². The van der Waals surface area contributed by atoms with Crippen molar-refractivity contribution in [3.63, 3.8) is 0 Å². The standard InChI is InChI=1S/C17H14F3N5O2/c18-17(19,20)6-8-22-15(26)14-12(9-23-25-14)24-16(27)13-11-4-2-1-3-10(11)5-7-21-13/h1-5,7,9H,6,8H2,(H,22,26)(H,23,25)(H,24,27). The molecule has 0 radical (unpaired) electrons. The van der Waals surface area contributed by atoms with E-state index in [0.717, 1.165) is 5.39 Å². The topological polar surface area (TPSA) is 99.8 Å². The second-order valence-corrected chi connectivity index (χ2v) is 5.61. The van der Waals surface area contributed by atoms with Gasteiger partial charge in [-0.2, -0.15) is 18.3 Å². The Morgan fingerprint density at radius 1 is 1.11 bits per heavy atom. The van der Waals surface area contributed by atoms with Crippen molar-refractivity contribution >= 4 is 28.3 Å². The Balaban J connectivity index is 1.74. The van der Waals surface area contributed by atoms with E-state index in [1.807, 2.05) is 12.1 Å². The maximum absolute atomic E-state index is 12.6. The summed E-state index contributed by atoms with van der Waals surface area (Å²) in [6, 6.07) is 8.90. The molecule has 27 heavy (non-hydrogen) atoms. The summed E-state index contributed by atoms with van der Waals surface area (Å²) < 4.78 is 36.5. The smallest absolute Gasteiger partial charge is 0.350 e. The van der Waals surface area contributed by atoms with Crippen LogP contribution in [0.25, 0.3) is 10.8 Å². The van der Waals surface area contributed by atoms with E-state index in [-0.39, 0.29) is 17.1 Å². The van der Waals surface area contributed by atoms with Crippen LogP contribution < -0.4 is 10.6 Å². The molecule has 3 rings (SSSR count). The molecule has 0 aliphatic carbocycles. The van der Waals surface area contributed by atoms with Crippen LogP contribution >= 0.6 is 0 Å². The van der Waals surface area contributed by atoms with E-state index in [0.29, 0.717) is 5.39 Å². The van der Waals surface area contributed by atoms with Gasteiger partial charge in [0, 0.05) is 18.1 Å². The van der Waals surface area contributed by atoms with Crippen molar-refractivity contribution in [2.75, 3.05) is 11.9 Å². The van der Waals surface area contributed by atoms with E-state index in [1.54, 1.807) is 18.2 Å². The first kappa shape index (κ1) is 18.4. The minimum absolute atomic E-state index is 0.0410. The molecule has 7 nitrogen and oxygen atoms in total. The van der Waals surface area contributed by atoms with Crippen LogP contribution in [0.15, 0.2) is 42.7 Å². The fourth-order valence-corrected chi connectivity index (χ4v) is 2.44. The SMILES string of the molecule is O=C(NCCC(F)(F)F)c1[nH]ncc1NC(=O)c1nccc2ccccc12. The Morgan fingerprint density at radius 3 is 2.67 bits per heavy atom. The molecule has 2 aromatic heterocycles. The number of fused-ring (bicyclic) bond motifs is 1. The molecule has 0 aliphatic rings. The molecule has 0 saturated heterocycles. The quantitative estimate of drug-likeness (QED) is 0.637. The third-order valence-electron chi connectivity index (χ3n) is 3.70. The molecule has 0 unspecified atom stereocenters. The lowest BCUT2D eigenvalue weighted by Crippen LogP contribution is -2.29. The number of aromatic amines is 1. The minimum atomic E-state index is -4.38. The van der Waals surface area contributed by atoms with Crippen LogP contribution in [-0.2, 0) is 0 Å². The molecular weight excluding hydrogens is 363 g/mol. The van der Waals surface area contributed by atoms with Crippen molar-refractivity contribution in [3.05, 3.63) is 54.1 Å². The number of aromatic nitrogens is 3. The number of halogens is 3. The molecule has 10 heteroatoms. The van der Waals surface area contributed by atoms with Crippen molar-refractivity contribution in [1.82, 2.24) is 20.5 Å². The zero-order valence-electron chi connectivity index (χ0n) is 13.8. The maximum atomic E-state index is 12.6. The van der Waals surface area contributed by atoms with Gasteiger partial charge in [-0.25, -0.2) is 0 Å². The first-order valence-corrected chi connectivity index (χ1v) is 7.88. The van der Waals surface area contributed by atoms with Gasteiger partial charge in [0.15, 0.2) is 0 Å². The minimum Gasteiger partial charge on any atom is -0.350 e. The van der Waals surface area contributed by atoms with Gasteiger partial charge in [-0.15, -0.1) is 0 Å². The van der Waals surface area contributed by atoms with Crippen molar-refractivity contribution in [2.24, 2.45) is 0 Å². The molecule has 140 valence electrons. The Hall–Kier alpha value is -3.43. The van der Waals surface area contributed by atoms with Crippen LogP contribution in [0.5, 0.6) is 0 Å². The summed E-state index contributed by atoms with van der Waals surface area (Å²) in [5, 5.41) is 12.1. The number of pyridine rings is 1. The lowest BCUT2D eigenvalue weighted by Gasteiger charge is -2.09. The molecule has 1 aromatic carbocycles. The first-order chi connectivity index (χ1) is 12.8. The number of alkyl halides is 3. The Morgan fingerprint density at radius 2 is 1.89 bits per heavy atom. The number of rotatable bonds is 5. The van der Waals surface area contributed by atoms with Gasteiger partial charge in [0.05, 0.1) is 18.3 Å². The number of hydrogen-bond donors (Lipinski definition) is 3. The first-order valence-electron chi connectivity index (χ1n) is 7.88. The van der Waals surface area contributed by atoms with Gasteiger partial charge < -0.3 is 10.6 Å². The van der Waals surface area contributed by atoms with Crippen LogP contribution in [0.3, 0.4) is 0 Å². The highest BCUT2D eigenvalue weighted by atomic mass is 19.4. The van der Waals surface area contributed by atoms with Crippen molar-refractivity contribution in [3.8, 4) is 0 Å². The predicted octanol–water partition coefficient (Wildman–Crippen LogP) is 2.89. The summed E-state index contributed by atoms with van der Waals surface area (Å²) in [7, 11) is 0. The molecule has 2 amide bonds. The monoisotopic (exact) mass is 377 g/mol. The molecular formula is C17H14F3N5O2. The normalized spacial score (nSPS) is 11.4. The van der Waals surface area contributed by atoms with Crippen LogP contribution in [0.1, 0.15) is 27.4 Å². The van der Waals surface area contributed by atoms with Crippen LogP contribution in [0, 0.1) is 0 Å². The third-order valence-corrected chi connectivity index (χ3v) is 3.70. The largest absolute Gasteiger partial charge is 0.390 e. The van der Waals surface area contributed by atoms with Crippen LogP contribution in [0.2, 0.25) is 0 Å². The zero-order chi connectivity index (χ0) is 19.4. The molecule has 3 N–H and O–H groups in total. The lowest BCUT2D eigenvalue weighted by molar-refractivity contribution is -0.133. The van der Waals surface area contributed by atoms with Crippen molar-refractivity contribution in [2.45, 2.75) is 12.6 Å². The number of carbonyl (C=O) groups excluding carboxylic acids is 2. The fraction of sp³-hybridized carbons (Fsp3) is 0.176. The highest BCUT2D eigenvalue weighted by Crippen LogP contribution is 2.20. The highest BCUT2D eigenvalue weighted by molar-refractivity contribution is 6.13. The molecule has 0 atom stereocenters. The number of hydrogen-bond acceptors (Lipinski definition) is 4. The Bertz CT molecular complexity index is 979. The van der Waals surface area contributed by atoms with Gasteiger partial charge >= 0.3 is 6.18 Å². The van der Waals surface area contributed by atoms with E-state index in [4.69, 9.17) is 0 Å². The van der Waals surface area contributed by atoms with E-state index < -0.39 is 31.0 Å². The van der Waals surface area contributed by atoms with Gasteiger partial charge in [0.1, 0.15) is 11.4 Å². The number of anilines is 1. The van der Waals surface area contributed by atoms with Gasteiger partial charge in [-0.3, -0.25) is 19.7 Å². The van der Waals surface area contributed by atoms with Crippen molar-refractivity contribution < 1.29 is 22.8 Å². The van der Waals surface area contributed by atoms with E-state index >= 15 is 0 Å². The number of nitrogens with zero attached hydrogens (tertiary/aromatic N) is 2. The van der Waals surface area contributed by atoms with Gasteiger partial charge in [-0.1, -0.05) is 24.3 Å². The van der Waals surface area contributed by atoms with Crippen LogP contribution in [-0.4, -0.2) is 39.7 Å². The second kappa shape index (κ2) is 7.44. The summed E-state index contributed by atoms with van der Waals surface area (Å²) in [6.07, 6.45) is -2.86. The average molecular weight is 377 g/mol. The summed E-state index contributed by atoms with van der Waals surface area (Å²) in [5.74, 6) is -1.38. The molecule has 0 fully saturated rings. The third kappa shape index (κ3) is 4.40. The molecule has 0 spiro atoms. The summed E-state index contributed by atoms with van der Waals surface area (Å²) >= 11 is 0. The Labute approximate surface area is 151 Å². The average Bonchev–Trinajstić information content (AvgIpc) is 3.08. The molecule has 0 aliphatic heterocycles. The number of amides is 2. The summed E-state index contributed by atoms with van der Waals surface area (Å²) in [5.41, 5.74) is 0.0442. The van der Waals surface area contributed by atoms with Gasteiger partial charge in [0.2, 0.25) is 0 Å². The highest BCUT2D eigenvalue weighted by Gasteiger charge is 2.27. The summed E-state index contributed by atoms with van der Waals surface area (Å²) in [6.45, 7) is -0.584. The van der Waals surface area contributed by atoms with E-state index in [2.05, 4.69) is 25.8 Å². The lowest BCUT2D eigenvalue weighted by atomic mass is 10.1. The Kier molecular flexibility index (Phi) is 5.06. The number of carbonyl (C=O) groups is 2.